The maximum atomic E-state index is 13.5. The molecule has 2 heterocycles. The van der Waals surface area contributed by atoms with Gasteiger partial charge in [-0.05, 0) is 62.1 Å². The first-order chi connectivity index (χ1) is 21.9. The number of aromatic nitrogens is 2. The second-order valence-corrected chi connectivity index (χ2v) is 9.77. The highest BCUT2D eigenvalue weighted by molar-refractivity contribution is 9.10. The zero-order chi connectivity index (χ0) is 35.4. The van der Waals surface area contributed by atoms with Crippen molar-refractivity contribution in [2.24, 2.45) is 4.99 Å². The van der Waals surface area contributed by atoms with Crippen molar-refractivity contribution in [3.63, 3.8) is 0 Å². The first kappa shape index (κ1) is 38.5. The van der Waals surface area contributed by atoms with E-state index < -0.39 is 36.0 Å². The summed E-state index contributed by atoms with van der Waals surface area (Å²) in [6, 6.07) is 11.3. The molecular weight excluding hydrogens is 723 g/mol. The molecule has 22 heteroatoms. The lowest BCUT2D eigenvalue weighted by molar-refractivity contribution is -0.193. The Balaban J connectivity index is 0.000000459. The number of carbonyl (C=O) groups is 3. The number of carboxylic acids is 2. The van der Waals surface area contributed by atoms with Crippen LogP contribution in [0.4, 0.5) is 42.2 Å². The first-order valence-electron chi connectivity index (χ1n) is 12.6. The lowest BCUT2D eigenvalue weighted by Crippen LogP contribution is -2.42. The molecular formula is C25H23BrF7N7O7. The van der Waals surface area contributed by atoms with Crippen molar-refractivity contribution < 1.29 is 65.2 Å². The minimum Gasteiger partial charge on any atom is -0.475 e. The molecule has 47 heavy (non-hydrogen) atoms. The highest BCUT2D eigenvalue weighted by Crippen LogP contribution is 2.23. The molecule has 256 valence electrons. The summed E-state index contributed by atoms with van der Waals surface area (Å²) < 4.78 is 81.8. The molecule has 0 unspecified atom stereocenters. The molecule has 3 aromatic rings. The van der Waals surface area contributed by atoms with Gasteiger partial charge in [0, 0.05) is 38.3 Å². The molecule has 1 aliphatic rings. The van der Waals surface area contributed by atoms with Crippen LogP contribution < -0.4 is 16.1 Å². The Kier molecular flexibility index (Phi) is 14.2. The quantitative estimate of drug-likeness (QED) is 0.0920. The number of hydroxylamine groups is 1. The van der Waals surface area contributed by atoms with Gasteiger partial charge in [0.15, 0.2) is 11.5 Å². The van der Waals surface area contributed by atoms with Crippen LogP contribution in [-0.4, -0.2) is 92.8 Å². The van der Waals surface area contributed by atoms with E-state index in [0.29, 0.717) is 11.3 Å². The van der Waals surface area contributed by atoms with E-state index in [1.165, 1.54) is 18.2 Å². The second-order valence-electron chi connectivity index (χ2n) is 8.92. The molecule has 14 nitrogen and oxygen atoms in total. The van der Waals surface area contributed by atoms with E-state index in [2.05, 4.69) is 46.8 Å². The number of hydrogen-bond donors (Lipinski definition) is 6. The van der Waals surface area contributed by atoms with Gasteiger partial charge in [0.25, 0.3) is 5.91 Å². The maximum Gasteiger partial charge on any atom is 0.490 e. The summed E-state index contributed by atoms with van der Waals surface area (Å²) in [5.74, 6) is -6.58. The van der Waals surface area contributed by atoms with Crippen LogP contribution in [0.3, 0.4) is 0 Å². The van der Waals surface area contributed by atoms with Crippen LogP contribution in [0.15, 0.2) is 56.6 Å². The van der Waals surface area contributed by atoms with Crippen molar-refractivity contribution in [1.82, 2.24) is 26.0 Å². The number of carbonyl (C=O) groups excluding carboxylic acids is 1. The molecule has 2 aromatic carbocycles. The summed E-state index contributed by atoms with van der Waals surface area (Å²) in [5, 5.41) is 37.1. The smallest absolute Gasteiger partial charge is 0.475 e. The summed E-state index contributed by atoms with van der Waals surface area (Å²) in [5.41, 5.74) is 3.73. The van der Waals surface area contributed by atoms with E-state index >= 15 is 0 Å². The maximum absolute atomic E-state index is 13.5. The number of hydrogen-bond acceptors (Lipinski definition) is 10. The minimum absolute atomic E-state index is 0.0263. The number of nitrogens with zero attached hydrogens (tertiary/aromatic N) is 4. The summed E-state index contributed by atoms with van der Waals surface area (Å²) in [7, 11) is 0. The van der Waals surface area contributed by atoms with Crippen LogP contribution in [0, 0.1) is 5.82 Å². The summed E-state index contributed by atoms with van der Waals surface area (Å²) in [6.07, 6.45) is -10.2. The van der Waals surface area contributed by atoms with Gasteiger partial charge in [-0.25, -0.2) is 23.6 Å². The van der Waals surface area contributed by atoms with Crippen molar-refractivity contribution in [1.29, 1.82) is 0 Å². The number of amides is 1. The van der Waals surface area contributed by atoms with Crippen molar-refractivity contribution in [2.45, 2.75) is 18.9 Å². The topological polar surface area (TPSA) is 203 Å². The van der Waals surface area contributed by atoms with E-state index in [4.69, 9.17) is 24.4 Å². The number of nitrogens with one attached hydrogen (secondary N) is 3. The molecule has 0 radical (unpaired) electrons. The van der Waals surface area contributed by atoms with Gasteiger partial charge in [-0.15, -0.1) is 0 Å². The van der Waals surface area contributed by atoms with Gasteiger partial charge >= 0.3 is 24.3 Å². The van der Waals surface area contributed by atoms with Crippen LogP contribution in [-0.2, 0) is 16.1 Å². The predicted molar refractivity (Wildman–Crippen MR) is 149 cm³/mol. The number of halogens is 8. The van der Waals surface area contributed by atoms with Gasteiger partial charge in [-0.3, -0.25) is 20.4 Å². The Bertz CT molecular complexity index is 1520. The fraction of sp³-hybridized carbons (Fsp3) is 0.280. The third kappa shape index (κ3) is 12.9. The van der Waals surface area contributed by atoms with E-state index in [1.807, 2.05) is 17.6 Å². The molecule has 0 bridgehead atoms. The Morgan fingerprint density at radius 3 is 2.00 bits per heavy atom. The highest BCUT2D eigenvalue weighted by atomic mass is 79.9. The van der Waals surface area contributed by atoms with Crippen LogP contribution in [0.5, 0.6) is 0 Å². The molecule has 4 rings (SSSR count). The Hall–Kier alpha value is -4.67. The first-order valence-corrected chi connectivity index (χ1v) is 13.4. The second kappa shape index (κ2) is 17.3. The van der Waals surface area contributed by atoms with Crippen molar-refractivity contribution in [3.8, 4) is 0 Å². The van der Waals surface area contributed by atoms with Gasteiger partial charge in [-0.2, -0.15) is 26.3 Å². The zero-order valence-electron chi connectivity index (χ0n) is 23.4. The summed E-state index contributed by atoms with van der Waals surface area (Å²) >= 11 is 3.08. The number of anilines is 1. The molecule has 0 saturated carbocycles. The molecule has 1 aromatic heterocycles. The van der Waals surface area contributed by atoms with Gasteiger partial charge in [0.05, 0.1) is 10.2 Å². The standard InChI is InChI=1S/C21H21BrFN7O3.2C2HF3O2/c22-16-11-15(5-6-17(16)23)25-19(27-32)18-20(29-33-28-18)26-21(31)14-3-1-13(2-4-14)12-30-9-7-24-8-10-30;2*3-2(4,5)1(6)7/h1-6,11,24,32H,7-10,12H2,(H,25,27)(H,26,29,31);2*(H,6,7). The minimum atomic E-state index is -5.08. The van der Waals surface area contributed by atoms with E-state index in [9.17, 15) is 40.7 Å². The van der Waals surface area contributed by atoms with Crippen molar-refractivity contribution >= 4 is 51.1 Å². The van der Waals surface area contributed by atoms with E-state index in [0.717, 1.165) is 38.3 Å². The molecule has 1 aliphatic heterocycles. The summed E-state index contributed by atoms with van der Waals surface area (Å²) in [6.45, 7) is 4.74. The van der Waals surface area contributed by atoms with E-state index in [1.54, 1.807) is 12.1 Å². The average Bonchev–Trinajstić information content (AvgIpc) is 3.46. The normalized spacial score (nSPS) is 13.8. The highest BCUT2D eigenvalue weighted by Gasteiger charge is 2.38. The third-order valence-electron chi connectivity index (χ3n) is 5.51. The zero-order valence-corrected chi connectivity index (χ0v) is 25.0. The number of amidine groups is 1. The predicted octanol–water partition coefficient (Wildman–Crippen LogP) is 3.95. The molecule has 1 fully saturated rings. The van der Waals surface area contributed by atoms with Crippen molar-refractivity contribution in [2.75, 3.05) is 31.5 Å². The van der Waals surface area contributed by atoms with Gasteiger partial charge in [0.2, 0.25) is 5.82 Å². The van der Waals surface area contributed by atoms with Crippen LogP contribution >= 0.6 is 15.9 Å². The molecule has 0 atom stereocenters. The number of benzene rings is 2. The number of rotatable bonds is 6. The van der Waals surface area contributed by atoms with Gasteiger partial charge in [0.1, 0.15) is 5.82 Å². The number of piperazine rings is 1. The summed E-state index contributed by atoms with van der Waals surface area (Å²) in [4.78, 5) is 37.0. The number of carboxylic acid groups (broad SMARTS) is 2. The SMILES string of the molecule is O=C(Nc1nonc1C(=Nc1ccc(F)c(Br)c1)NO)c1ccc(CN2CCNCC2)cc1.O=C(O)C(F)(F)F.O=C(O)C(F)(F)F. The monoisotopic (exact) mass is 745 g/mol. The molecule has 0 spiro atoms. The fourth-order valence-electron chi connectivity index (χ4n) is 3.31. The van der Waals surface area contributed by atoms with Crippen LogP contribution in [0.25, 0.3) is 0 Å². The fourth-order valence-corrected chi connectivity index (χ4v) is 3.68. The molecule has 6 N–H and O–H groups in total. The largest absolute Gasteiger partial charge is 0.490 e. The molecule has 1 amide bonds. The molecule has 1 saturated heterocycles. The number of alkyl halides is 6. The Labute approximate surface area is 267 Å². The lowest BCUT2D eigenvalue weighted by atomic mass is 10.1. The van der Waals surface area contributed by atoms with Crippen molar-refractivity contribution in [3.05, 3.63) is 69.6 Å². The Morgan fingerprint density at radius 2 is 1.51 bits per heavy atom. The van der Waals surface area contributed by atoms with E-state index in [-0.39, 0.29) is 21.8 Å². The number of aliphatic carboxylic acids is 2. The lowest BCUT2D eigenvalue weighted by Gasteiger charge is -2.27. The van der Waals surface area contributed by atoms with Gasteiger partial charge < -0.3 is 20.8 Å². The number of aliphatic imine (C=N–C) groups is 1. The third-order valence-corrected chi connectivity index (χ3v) is 6.12. The Morgan fingerprint density at radius 1 is 0.957 bits per heavy atom. The van der Waals surface area contributed by atoms with Crippen LogP contribution in [0.2, 0.25) is 0 Å². The average molecular weight is 746 g/mol. The van der Waals surface area contributed by atoms with Gasteiger partial charge in [-0.1, -0.05) is 12.1 Å². The molecule has 0 aliphatic carbocycles. The van der Waals surface area contributed by atoms with Crippen LogP contribution in [0.1, 0.15) is 21.6 Å².